The Morgan fingerprint density at radius 3 is 1.92 bits per heavy atom. The zero-order valence-corrected chi connectivity index (χ0v) is 15.4. The molecule has 3 rings (SSSR count). The van der Waals surface area contributed by atoms with Crippen molar-refractivity contribution in [2.75, 3.05) is 0 Å². The predicted octanol–water partition coefficient (Wildman–Crippen LogP) is 2.00. The van der Waals surface area contributed by atoms with Crippen molar-refractivity contribution < 1.29 is 16.8 Å². The van der Waals surface area contributed by atoms with Crippen molar-refractivity contribution in [1.82, 2.24) is 4.31 Å². The minimum absolute atomic E-state index is 0.00998. The van der Waals surface area contributed by atoms with Crippen LogP contribution < -0.4 is 5.14 Å². The van der Waals surface area contributed by atoms with Crippen molar-refractivity contribution in [3.63, 3.8) is 0 Å². The van der Waals surface area contributed by atoms with Crippen molar-refractivity contribution in [2.24, 2.45) is 5.14 Å². The summed E-state index contributed by atoms with van der Waals surface area (Å²) in [7, 11) is -7.56. The second kappa shape index (κ2) is 6.53. The van der Waals surface area contributed by atoms with E-state index in [4.69, 9.17) is 5.14 Å². The molecule has 0 bridgehead atoms. The Balaban J connectivity index is 1.91. The Labute approximate surface area is 148 Å². The summed E-state index contributed by atoms with van der Waals surface area (Å²) in [4.78, 5) is -0.0399. The first-order chi connectivity index (χ1) is 11.7. The second-order valence-corrected chi connectivity index (χ2v) is 9.74. The number of sulfonamides is 2. The number of nitrogens with two attached hydrogens (primary N) is 1. The van der Waals surface area contributed by atoms with Gasteiger partial charge in [-0.15, -0.1) is 0 Å². The molecule has 0 spiro atoms. The molecule has 0 atom stereocenters. The largest absolute Gasteiger partial charge is 0.243 e. The number of hydrogen-bond donors (Lipinski definition) is 1. The first-order valence-electron chi connectivity index (χ1n) is 7.88. The van der Waals surface area contributed by atoms with E-state index in [1.165, 1.54) is 28.6 Å². The summed E-state index contributed by atoms with van der Waals surface area (Å²) < 4.78 is 50.1. The SMILES string of the molecule is Cc1ccc(CN(C2CC2)S(=O)(=O)c2ccc(S(N)(=O)=O)cc2)cc1. The maximum atomic E-state index is 13.0. The van der Waals surface area contributed by atoms with Gasteiger partial charge >= 0.3 is 0 Å². The Morgan fingerprint density at radius 1 is 0.920 bits per heavy atom. The first kappa shape index (κ1) is 18.1. The van der Waals surface area contributed by atoms with Crippen LogP contribution in [0.5, 0.6) is 0 Å². The minimum atomic E-state index is -3.85. The van der Waals surface area contributed by atoms with Gasteiger partial charge in [-0.05, 0) is 49.6 Å². The van der Waals surface area contributed by atoms with Crippen LogP contribution in [0, 0.1) is 6.92 Å². The number of primary sulfonamides is 1. The molecule has 0 unspecified atom stereocenters. The second-order valence-electron chi connectivity index (χ2n) is 6.28. The van der Waals surface area contributed by atoms with Gasteiger partial charge in [-0.25, -0.2) is 22.0 Å². The minimum Gasteiger partial charge on any atom is -0.225 e. The van der Waals surface area contributed by atoms with Crippen LogP contribution in [0.25, 0.3) is 0 Å². The van der Waals surface area contributed by atoms with Crippen molar-refractivity contribution in [2.45, 2.75) is 42.1 Å². The molecular formula is C17H20N2O4S2. The Bertz CT molecular complexity index is 962. The van der Waals surface area contributed by atoms with Crippen LogP contribution in [0.15, 0.2) is 58.3 Å². The van der Waals surface area contributed by atoms with Crippen LogP contribution in [0.2, 0.25) is 0 Å². The fraction of sp³-hybridized carbons (Fsp3) is 0.294. The summed E-state index contributed by atoms with van der Waals surface area (Å²) in [6, 6.07) is 12.8. The summed E-state index contributed by atoms with van der Waals surface area (Å²) in [5.41, 5.74) is 2.03. The summed E-state index contributed by atoms with van der Waals surface area (Å²) in [5, 5.41) is 5.06. The maximum absolute atomic E-state index is 13.0. The molecule has 8 heteroatoms. The van der Waals surface area contributed by atoms with Gasteiger partial charge in [0.2, 0.25) is 20.0 Å². The van der Waals surface area contributed by atoms with E-state index < -0.39 is 20.0 Å². The van der Waals surface area contributed by atoms with E-state index in [0.29, 0.717) is 6.54 Å². The van der Waals surface area contributed by atoms with Gasteiger partial charge in [0.05, 0.1) is 9.79 Å². The molecule has 1 aliphatic carbocycles. The maximum Gasteiger partial charge on any atom is 0.243 e. The van der Waals surface area contributed by atoms with Gasteiger partial charge in [0.1, 0.15) is 0 Å². The predicted molar refractivity (Wildman–Crippen MR) is 94.7 cm³/mol. The van der Waals surface area contributed by atoms with E-state index in [9.17, 15) is 16.8 Å². The molecule has 2 N–H and O–H groups in total. The average molecular weight is 380 g/mol. The summed E-state index contributed by atoms with van der Waals surface area (Å²) in [5.74, 6) is 0. The lowest BCUT2D eigenvalue weighted by atomic mass is 10.1. The quantitative estimate of drug-likeness (QED) is 0.829. The number of benzene rings is 2. The zero-order chi connectivity index (χ0) is 18.2. The standard InChI is InChI=1S/C17H20N2O4S2/c1-13-2-4-14(5-3-13)12-19(15-6-7-15)25(22,23)17-10-8-16(9-11-17)24(18,20)21/h2-5,8-11,15H,6-7,12H2,1H3,(H2,18,20,21). The van der Waals surface area contributed by atoms with Crippen molar-refractivity contribution >= 4 is 20.0 Å². The van der Waals surface area contributed by atoms with Crippen molar-refractivity contribution in [1.29, 1.82) is 0 Å². The lowest BCUT2D eigenvalue weighted by Crippen LogP contribution is -2.32. The van der Waals surface area contributed by atoms with Crippen molar-refractivity contribution in [3.8, 4) is 0 Å². The van der Waals surface area contributed by atoms with Crippen LogP contribution in [-0.2, 0) is 26.6 Å². The third-order valence-electron chi connectivity index (χ3n) is 4.17. The normalized spacial score (nSPS) is 15.5. The van der Waals surface area contributed by atoms with Gasteiger partial charge in [-0.3, -0.25) is 0 Å². The molecule has 0 aliphatic heterocycles. The third-order valence-corrected chi connectivity index (χ3v) is 7.01. The summed E-state index contributed by atoms with van der Waals surface area (Å²) in [6.45, 7) is 2.27. The van der Waals surface area contributed by atoms with E-state index in [1.54, 1.807) is 0 Å². The smallest absolute Gasteiger partial charge is 0.225 e. The molecule has 1 aliphatic rings. The lowest BCUT2D eigenvalue weighted by molar-refractivity contribution is 0.398. The van der Waals surface area contributed by atoms with E-state index >= 15 is 0 Å². The summed E-state index contributed by atoms with van der Waals surface area (Å²) >= 11 is 0. The van der Waals surface area contributed by atoms with Crippen molar-refractivity contribution in [3.05, 3.63) is 59.7 Å². The van der Waals surface area contributed by atoms with Crippen LogP contribution in [0.1, 0.15) is 24.0 Å². The number of hydrogen-bond acceptors (Lipinski definition) is 4. The molecule has 1 saturated carbocycles. The van der Waals surface area contributed by atoms with Gasteiger partial charge in [0, 0.05) is 12.6 Å². The third kappa shape index (κ3) is 4.09. The van der Waals surface area contributed by atoms with Crippen LogP contribution in [0.3, 0.4) is 0 Å². The van der Waals surface area contributed by atoms with E-state index in [1.807, 2.05) is 31.2 Å². The highest BCUT2D eigenvalue weighted by atomic mass is 32.2. The molecule has 0 aromatic heterocycles. The molecule has 0 amide bonds. The molecular weight excluding hydrogens is 360 g/mol. The fourth-order valence-corrected chi connectivity index (χ4v) is 4.77. The molecule has 0 saturated heterocycles. The topological polar surface area (TPSA) is 97.5 Å². The summed E-state index contributed by atoms with van der Waals surface area (Å²) in [6.07, 6.45) is 1.67. The first-order valence-corrected chi connectivity index (χ1v) is 10.9. The molecule has 25 heavy (non-hydrogen) atoms. The van der Waals surface area contributed by atoms with Gasteiger partial charge in [0.15, 0.2) is 0 Å². The number of nitrogens with zero attached hydrogens (tertiary/aromatic N) is 1. The van der Waals surface area contributed by atoms with Crippen LogP contribution in [0.4, 0.5) is 0 Å². The van der Waals surface area contributed by atoms with Gasteiger partial charge in [0.25, 0.3) is 0 Å². The van der Waals surface area contributed by atoms with Gasteiger partial charge in [-0.2, -0.15) is 4.31 Å². The highest BCUT2D eigenvalue weighted by Gasteiger charge is 2.38. The average Bonchev–Trinajstić information content (AvgIpc) is 3.38. The fourth-order valence-electron chi connectivity index (χ4n) is 2.58. The number of aryl methyl sites for hydroxylation is 1. The van der Waals surface area contributed by atoms with E-state index in [2.05, 4.69) is 0 Å². The molecule has 2 aromatic rings. The zero-order valence-electron chi connectivity index (χ0n) is 13.8. The Kier molecular flexibility index (Phi) is 4.72. The van der Waals surface area contributed by atoms with E-state index in [-0.39, 0.29) is 15.8 Å². The highest BCUT2D eigenvalue weighted by Crippen LogP contribution is 2.33. The Morgan fingerprint density at radius 2 is 1.44 bits per heavy atom. The molecule has 1 fully saturated rings. The highest BCUT2D eigenvalue weighted by molar-refractivity contribution is 7.89. The monoisotopic (exact) mass is 380 g/mol. The van der Waals surface area contributed by atoms with Crippen LogP contribution >= 0.6 is 0 Å². The molecule has 2 aromatic carbocycles. The van der Waals surface area contributed by atoms with E-state index in [0.717, 1.165) is 24.0 Å². The molecule has 0 radical (unpaired) electrons. The molecule has 0 heterocycles. The molecule has 134 valence electrons. The van der Waals surface area contributed by atoms with Gasteiger partial charge in [-0.1, -0.05) is 29.8 Å². The Hall–Kier alpha value is -1.74. The number of rotatable bonds is 6. The lowest BCUT2D eigenvalue weighted by Gasteiger charge is -2.22. The van der Waals surface area contributed by atoms with Gasteiger partial charge < -0.3 is 0 Å². The molecule has 6 nitrogen and oxygen atoms in total. The van der Waals surface area contributed by atoms with Crippen LogP contribution in [-0.4, -0.2) is 27.2 Å².